The first-order valence-corrected chi connectivity index (χ1v) is 8.80. The summed E-state index contributed by atoms with van der Waals surface area (Å²) in [7, 11) is 1.87. The predicted molar refractivity (Wildman–Crippen MR) is 106 cm³/mol. The minimum atomic E-state index is -0.160. The van der Waals surface area contributed by atoms with E-state index in [1.807, 2.05) is 60.5 Å². The van der Waals surface area contributed by atoms with Gasteiger partial charge in [-0.3, -0.25) is 4.79 Å². The zero-order chi connectivity index (χ0) is 17.1. The SMILES string of the molecule is CN(C(=O)C1CCNC1)C(c1ccc(Cl)cc1)c1ccc(Cl)cc1.Cl. The third-order valence-electron chi connectivity index (χ3n) is 4.52. The van der Waals surface area contributed by atoms with Crippen LogP contribution in [-0.2, 0) is 4.79 Å². The molecule has 1 N–H and O–H groups in total. The van der Waals surface area contributed by atoms with Gasteiger partial charge in [-0.1, -0.05) is 47.5 Å². The highest BCUT2D eigenvalue weighted by molar-refractivity contribution is 6.30. The molecule has 1 aliphatic heterocycles. The molecule has 0 saturated carbocycles. The van der Waals surface area contributed by atoms with Crippen molar-refractivity contribution < 1.29 is 4.79 Å². The topological polar surface area (TPSA) is 32.3 Å². The van der Waals surface area contributed by atoms with E-state index in [1.54, 1.807) is 0 Å². The fraction of sp³-hybridized carbons (Fsp3) is 0.316. The molecule has 0 aliphatic carbocycles. The standard InChI is InChI=1S/C19H20Cl2N2O.ClH/c1-23(19(24)15-10-11-22-12-15)18(13-2-6-16(20)7-3-13)14-4-8-17(21)9-5-14;/h2-9,15,18,22H,10-12H2,1H3;1H. The van der Waals surface area contributed by atoms with E-state index >= 15 is 0 Å². The van der Waals surface area contributed by atoms with E-state index < -0.39 is 0 Å². The van der Waals surface area contributed by atoms with Crippen LogP contribution >= 0.6 is 35.6 Å². The van der Waals surface area contributed by atoms with Crippen molar-refractivity contribution >= 4 is 41.5 Å². The third kappa shape index (κ3) is 4.68. The fourth-order valence-corrected chi connectivity index (χ4v) is 3.46. The zero-order valence-corrected chi connectivity index (χ0v) is 16.2. The van der Waals surface area contributed by atoms with E-state index in [9.17, 15) is 4.79 Å². The smallest absolute Gasteiger partial charge is 0.227 e. The number of carbonyl (C=O) groups excluding carboxylic acids is 1. The highest BCUT2D eigenvalue weighted by Gasteiger charge is 2.30. The molecule has 134 valence electrons. The molecule has 1 aliphatic rings. The van der Waals surface area contributed by atoms with Gasteiger partial charge < -0.3 is 10.2 Å². The van der Waals surface area contributed by atoms with Crippen molar-refractivity contribution in [1.82, 2.24) is 10.2 Å². The van der Waals surface area contributed by atoms with E-state index in [1.165, 1.54) is 0 Å². The molecule has 1 saturated heterocycles. The molecule has 1 unspecified atom stereocenters. The molecule has 25 heavy (non-hydrogen) atoms. The van der Waals surface area contributed by atoms with E-state index in [-0.39, 0.29) is 30.3 Å². The van der Waals surface area contributed by atoms with Gasteiger partial charge in [-0.25, -0.2) is 0 Å². The molecule has 0 spiro atoms. The average Bonchev–Trinajstić information content (AvgIpc) is 3.12. The van der Waals surface area contributed by atoms with Crippen LogP contribution in [0.3, 0.4) is 0 Å². The van der Waals surface area contributed by atoms with E-state index in [0.29, 0.717) is 10.0 Å². The van der Waals surface area contributed by atoms with Crippen molar-refractivity contribution in [1.29, 1.82) is 0 Å². The van der Waals surface area contributed by atoms with Crippen LogP contribution in [0.15, 0.2) is 48.5 Å². The van der Waals surface area contributed by atoms with Crippen molar-refractivity contribution in [3.05, 3.63) is 69.7 Å². The molecule has 2 aromatic carbocycles. The van der Waals surface area contributed by atoms with Crippen LogP contribution in [0.2, 0.25) is 10.0 Å². The number of amides is 1. The minimum absolute atomic E-state index is 0. The normalized spacial score (nSPS) is 16.6. The minimum Gasteiger partial charge on any atom is -0.334 e. The lowest BCUT2D eigenvalue weighted by atomic mass is 9.96. The number of benzene rings is 2. The maximum absolute atomic E-state index is 12.9. The van der Waals surface area contributed by atoms with Crippen molar-refractivity contribution in [2.24, 2.45) is 5.92 Å². The Labute approximate surface area is 164 Å². The van der Waals surface area contributed by atoms with Crippen LogP contribution in [0.1, 0.15) is 23.6 Å². The Morgan fingerprint density at radius 2 is 1.52 bits per heavy atom. The highest BCUT2D eigenvalue weighted by atomic mass is 35.5. The molecule has 1 amide bonds. The predicted octanol–water partition coefficient (Wildman–Crippen LogP) is 4.57. The second kappa shape index (κ2) is 8.91. The molecule has 1 fully saturated rings. The summed E-state index contributed by atoms with van der Waals surface area (Å²) in [6.45, 7) is 1.65. The summed E-state index contributed by atoms with van der Waals surface area (Å²) >= 11 is 12.0. The molecule has 0 radical (unpaired) electrons. The van der Waals surface area contributed by atoms with E-state index in [4.69, 9.17) is 23.2 Å². The van der Waals surface area contributed by atoms with Gasteiger partial charge in [0.1, 0.15) is 0 Å². The van der Waals surface area contributed by atoms with Crippen LogP contribution < -0.4 is 5.32 Å². The zero-order valence-electron chi connectivity index (χ0n) is 13.9. The first kappa shape index (κ1) is 20.1. The van der Waals surface area contributed by atoms with Gasteiger partial charge in [0.25, 0.3) is 0 Å². The summed E-state index contributed by atoms with van der Waals surface area (Å²) in [6, 6.07) is 15.1. The van der Waals surface area contributed by atoms with Crippen LogP contribution in [0.5, 0.6) is 0 Å². The Balaban J connectivity index is 0.00000225. The van der Waals surface area contributed by atoms with Gasteiger partial charge in [-0.2, -0.15) is 0 Å². The second-order valence-corrected chi connectivity index (χ2v) is 7.02. The van der Waals surface area contributed by atoms with Crippen LogP contribution in [0.25, 0.3) is 0 Å². The Morgan fingerprint density at radius 1 is 1.04 bits per heavy atom. The maximum Gasteiger partial charge on any atom is 0.227 e. The molecule has 1 heterocycles. The molecule has 6 heteroatoms. The largest absolute Gasteiger partial charge is 0.334 e. The summed E-state index contributed by atoms with van der Waals surface area (Å²) in [4.78, 5) is 14.7. The quantitative estimate of drug-likeness (QED) is 0.816. The first-order chi connectivity index (χ1) is 11.6. The number of nitrogens with zero attached hydrogens (tertiary/aromatic N) is 1. The van der Waals surface area contributed by atoms with Crippen LogP contribution in [0.4, 0.5) is 0 Å². The third-order valence-corrected chi connectivity index (χ3v) is 5.02. The van der Waals surface area contributed by atoms with Crippen molar-refractivity contribution in [3.8, 4) is 0 Å². The summed E-state index contributed by atoms with van der Waals surface area (Å²) in [6.07, 6.45) is 0.886. The highest BCUT2D eigenvalue weighted by Crippen LogP contribution is 2.31. The Kier molecular flexibility index (Phi) is 7.14. The van der Waals surface area contributed by atoms with E-state index in [0.717, 1.165) is 30.6 Å². The lowest BCUT2D eigenvalue weighted by Crippen LogP contribution is -2.37. The van der Waals surface area contributed by atoms with Gasteiger partial charge in [0.15, 0.2) is 0 Å². The van der Waals surface area contributed by atoms with Crippen molar-refractivity contribution in [2.75, 3.05) is 20.1 Å². The van der Waals surface area contributed by atoms with Gasteiger partial charge in [0.05, 0.1) is 12.0 Å². The molecule has 1 atom stereocenters. The lowest BCUT2D eigenvalue weighted by molar-refractivity contribution is -0.135. The Morgan fingerprint density at radius 3 is 1.92 bits per heavy atom. The van der Waals surface area contributed by atoms with Gasteiger partial charge >= 0.3 is 0 Å². The summed E-state index contributed by atoms with van der Waals surface area (Å²) in [5.41, 5.74) is 2.06. The fourth-order valence-electron chi connectivity index (χ4n) is 3.21. The number of nitrogens with one attached hydrogen (secondary N) is 1. The van der Waals surface area contributed by atoms with E-state index in [2.05, 4.69) is 5.32 Å². The first-order valence-electron chi connectivity index (χ1n) is 8.04. The van der Waals surface area contributed by atoms with Gasteiger partial charge in [0.2, 0.25) is 5.91 Å². The molecule has 2 aromatic rings. The van der Waals surface area contributed by atoms with Crippen molar-refractivity contribution in [2.45, 2.75) is 12.5 Å². The molecule has 3 rings (SSSR count). The molecular formula is C19H21Cl3N2O. The number of rotatable bonds is 4. The summed E-state index contributed by atoms with van der Waals surface area (Å²) in [5, 5.41) is 4.62. The average molecular weight is 400 g/mol. The molecule has 0 aromatic heterocycles. The van der Waals surface area contributed by atoms with Gasteiger partial charge in [-0.05, 0) is 48.4 Å². The molecule has 3 nitrogen and oxygen atoms in total. The second-order valence-electron chi connectivity index (χ2n) is 6.14. The summed E-state index contributed by atoms with van der Waals surface area (Å²) in [5.74, 6) is 0.201. The number of halogens is 3. The Hall–Kier alpha value is -1.26. The number of carbonyl (C=O) groups is 1. The van der Waals surface area contributed by atoms with Gasteiger partial charge in [-0.15, -0.1) is 12.4 Å². The van der Waals surface area contributed by atoms with Gasteiger partial charge in [0, 0.05) is 23.6 Å². The van der Waals surface area contributed by atoms with Crippen LogP contribution in [0, 0.1) is 5.92 Å². The molecular weight excluding hydrogens is 379 g/mol. The molecule has 0 bridgehead atoms. The summed E-state index contributed by atoms with van der Waals surface area (Å²) < 4.78 is 0. The van der Waals surface area contributed by atoms with Crippen molar-refractivity contribution in [3.63, 3.8) is 0 Å². The monoisotopic (exact) mass is 398 g/mol. The Bertz CT molecular complexity index is 652. The maximum atomic E-state index is 12.9. The lowest BCUT2D eigenvalue weighted by Gasteiger charge is -2.31. The van der Waals surface area contributed by atoms with Crippen LogP contribution in [-0.4, -0.2) is 30.9 Å². The number of hydrogen-bond acceptors (Lipinski definition) is 2. The number of hydrogen-bond donors (Lipinski definition) is 1.